The summed E-state index contributed by atoms with van der Waals surface area (Å²) in [5.74, 6) is 0. The molecule has 0 spiro atoms. The minimum absolute atomic E-state index is 1.06. The molecule has 15 heavy (non-hydrogen) atoms. The summed E-state index contributed by atoms with van der Waals surface area (Å²) in [6, 6.07) is 6.56. The minimum atomic E-state index is 1.06. The van der Waals surface area contributed by atoms with Crippen molar-refractivity contribution in [2.75, 3.05) is 11.9 Å². The van der Waals surface area contributed by atoms with E-state index in [1.165, 1.54) is 16.8 Å². The molecule has 1 N–H and O–H groups in total. The highest BCUT2D eigenvalue weighted by Gasteiger charge is 2.11. The van der Waals surface area contributed by atoms with Gasteiger partial charge in [0, 0.05) is 23.2 Å². The van der Waals surface area contributed by atoms with Gasteiger partial charge in [0.1, 0.15) is 0 Å². The maximum Gasteiger partial charge on any atom is 0.0901 e. The molecule has 0 fully saturated rings. The fraction of sp³-hybridized carbons (Fsp3) is 0.250. The molecular formula is C12H12N2S. The number of rotatable bonds is 1. The lowest BCUT2D eigenvalue weighted by atomic mass is 10.1. The molecule has 76 valence electrons. The monoisotopic (exact) mass is 216 g/mol. The van der Waals surface area contributed by atoms with Crippen molar-refractivity contribution < 1.29 is 0 Å². The minimum Gasteiger partial charge on any atom is -0.384 e. The van der Waals surface area contributed by atoms with Crippen LogP contribution in [0.3, 0.4) is 0 Å². The molecule has 2 nitrogen and oxygen atoms in total. The Bertz CT molecular complexity index is 502. The Morgan fingerprint density at radius 1 is 1.40 bits per heavy atom. The predicted octanol–water partition coefficient (Wildman–Crippen LogP) is 3.09. The van der Waals surface area contributed by atoms with Crippen molar-refractivity contribution in [2.45, 2.75) is 13.3 Å². The SMILES string of the molecule is Cc1nc(-c2ccc3c(c2)CCN3)cs1. The lowest BCUT2D eigenvalue weighted by Gasteiger charge is -2.01. The number of anilines is 1. The van der Waals surface area contributed by atoms with Gasteiger partial charge in [0.05, 0.1) is 10.7 Å². The molecule has 3 heteroatoms. The van der Waals surface area contributed by atoms with Crippen LogP contribution in [0.2, 0.25) is 0 Å². The molecule has 1 aromatic carbocycles. The van der Waals surface area contributed by atoms with Gasteiger partial charge in [-0.15, -0.1) is 11.3 Å². The third kappa shape index (κ3) is 1.53. The van der Waals surface area contributed by atoms with Crippen molar-refractivity contribution in [3.05, 3.63) is 34.2 Å². The van der Waals surface area contributed by atoms with Gasteiger partial charge in [-0.2, -0.15) is 0 Å². The van der Waals surface area contributed by atoms with Crippen LogP contribution in [0.5, 0.6) is 0 Å². The Morgan fingerprint density at radius 2 is 2.33 bits per heavy atom. The van der Waals surface area contributed by atoms with E-state index in [-0.39, 0.29) is 0 Å². The molecule has 3 rings (SSSR count). The van der Waals surface area contributed by atoms with Gasteiger partial charge in [-0.3, -0.25) is 0 Å². The van der Waals surface area contributed by atoms with Crippen molar-refractivity contribution in [1.29, 1.82) is 0 Å². The fourth-order valence-electron chi connectivity index (χ4n) is 1.96. The first kappa shape index (κ1) is 8.92. The number of fused-ring (bicyclic) bond motifs is 1. The maximum atomic E-state index is 4.50. The molecule has 1 aliphatic rings. The largest absolute Gasteiger partial charge is 0.384 e. The molecule has 0 bridgehead atoms. The molecule has 2 aromatic rings. The topological polar surface area (TPSA) is 24.9 Å². The molecule has 0 radical (unpaired) electrons. The van der Waals surface area contributed by atoms with Gasteiger partial charge in [-0.05, 0) is 31.0 Å². The van der Waals surface area contributed by atoms with E-state index in [0.29, 0.717) is 0 Å². The average Bonchev–Trinajstić information content (AvgIpc) is 2.84. The number of hydrogen-bond acceptors (Lipinski definition) is 3. The number of thiazole rings is 1. The van der Waals surface area contributed by atoms with E-state index in [4.69, 9.17) is 0 Å². The molecule has 0 atom stereocenters. The van der Waals surface area contributed by atoms with E-state index in [0.717, 1.165) is 23.7 Å². The molecule has 0 saturated carbocycles. The van der Waals surface area contributed by atoms with Crippen LogP contribution in [0.15, 0.2) is 23.6 Å². The maximum absolute atomic E-state index is 4.50. The Morgan fingerprint density at radius 3 is 3.13 bits per heavy atom. The first-order valence-corrected chi connectivity index (χ1v) is 6.00. The predicted molar refractivity (Wildman–Crippen MR) is 64.5 cm³/mol. The number of hydrogen-bond donors (Lipinski definition) is 1. The fourth-order valence-corrected chi connectivity index (χ4v) is 2.58. The number of nitrogens with one attached hydrogen (secondary N) is 1. The van der Waals surface area contributed by atoms with Gasteiger partial charge < -0.3 is 5.32 Å². The standard InChI is InChI=1S/C12H12N2S/c1-8-14-12(7-15-8)9-2-3-11-10(6-9)4-5-13-11/h2-3,6-7,13H,4-5H2,1H3. The van der Waals surface area contributed by atoms with Gasteiger partial charge in [-0.1, -0.05) is 6.07 Å². The summed E-state index contributed by atoms with van der Waals surface area (Å²) < 4.78 is 0. The quantitative estimate of drug-likeness (QED) is 0.792. The Balaban J connectivity index is 2.06. The second kappa shape index (κ2) is 3.35. The first-order chi connectivity index (χ1) is 7.33. The number of aromatic nitrogens is 1. The summed E-state index contributed by atoms with van der Waals surface area (Å²) in [7, 11) is 0. The Kier molecular flexibility index (Phi) is 1.99. The van der Waals surface area contributed by atoms with Crippen molar-refractivity contribution in [2.24, 2.45) is 0 Å². The normalized spacial score (nSPS) is 13.7. The summed E-state index contributed by atoms with van der Waals surface area (Å²) in [6.07, 6.45) is 1.13. The lowest BCUT2D eigenvalue weighted by Crippen LogP contribution is -1.90. The number of nitrogens with zero attached hydrogens (tertiary/aromatic N) is 1. The second-order valence-electron chi connectivity index (χ2n) is 3.80. The zero-order valence-corrected chi connectivity index (χ0v) is 9.40. The van der Waals surface area contributed by atoms with Crippen LogP contribution in [-0.4, -0.2) is 11.5 Å². The highest BCUT2D eigenvalue weighted by atomic mass is 32.1. The third-order valence-electron chi connectivity index (χ3n) is 2.73. The molecule has 0 saturated heterocycles. The van der Waals surface area contributed by atoms with E-state index in [9.17, 15) is 0 Å². The molecule has 2 heterocycles. The second-order valence-corrected chi connectivity index (χ2v) is 4.86. The van der Waals surface area contributed by atoms with Crippen molar-refractivity contribution in [3.63, 3.8) is 0 Å². The van der Waals surface area contributed by atoms with E-state index in [1.54, 1.807) is 11.3 Å². The molecule has 1 aliphatic heterocycles. The van der Waals surface area contributed by atoms with E-state index in [1.807, 2.05) is 6.92 Å². The van der Waals surface area contributed by atoms with Gasteiger partial charge in [0.25, 0.3) is 0 Å². The van der Waals surface area contributed by atoms with E-state index in [2.05, 4.69) is 33.9 Å². The number of benzene rings is 1. The molecule has 1 aromatic heterocycles. The van der Waals surface area contributed by atoms with Crippen LogP contribution < -0.4 is 5.32 Å². The number of aryl methyl sites for hydroxylation is 1. The summed E-state index contributed by atoms with van der Waals surface area (Å²) >= 11 is 1.71. The van der Waals surface area contributed by atoms with Crippen LogP contribution in [0.1, 0.15) is 10.6 Å². The highest BCUT2D eigenvalue weighted by Crippen LogP contribution is 2.28. The van der Waals surface area contributed by atoms with Crippen molar-refractivity contribution in [1.82, 2.24) is 4.98 Å². The highest BCUT2D eigenvalue weighted by molar-refractivity contribution is 7.09. The molecule has 0 aliphatic carbocycles. The van der Waals surface area contributed by atoms with Gasteiger partial charge in [0.15, 0.2) is 0 Å². The zero-order valence-electron chi connectivity index (χ0n) is 8.58. The first-order valence-electron chi connectivity index (χ1n) is 5.12. The lowest BCUT2D eigenvalue weighted by molar-refractivity contribution is 1.11. The van der Waals surface area contributed by atoms with E-state index < -0.39 is 0 Å². The third-order valence-corrected chi connectivity index (χ3v) is 3.50. The smallest absolute Gasteiger partial charge is 0.0901 e. The van der Waals surface area contributed by atoms with Gasteiger partial charge in [-0.25, -0.2) is 4.98 Å². The molecular weight excluding hydrogens is 204 g/mol. The van der Waals surface area contributed by atoms with E-state index >= 15 is 0 Å². The van der Waals surface area contributed by atoms with Crippen molar-refractivity contribution >= 4 is 17.0 Å². The Hall–Kier alpha value is -1.35. The average molecular weight is 216 g/mol. The van der Waals surface area contributed by atoms with Crippen LogP contribution in [-0.2, 0) is 6.42 Å². The Labute approximate surface area is 93.0 Å². The van der Waals surface area contributed by atoms with Crippen molar-refractivity contribution in [3.8, 4) is 11.3 Å². The van der Waals surface area contributed by atoms with Crippen LogP contribution >= 0.6 is 11.3 Å². The molecule has 0 amide bonds. The van der Waals surface area contributed by atoms with Crippen LogP contribution in [0, 0.1) is 6.92 Å². The summed E-state index contributed by atoms with van der Waals surface area (Å²) in [5, 5.41) is 6.62. The summed E-state index contributed by atoms with van der Waals surface area (Å²) in [4.78, 5) is 4.50. The van der Waals surface area contributed by atoms with Crippen LogP contribution in [0.4, 0.5) is 5.69 Å². The van der Waals surface area contributed by atoms with Gasteiger partial charge >= 0.3 is 0 Å². The summed E-state index contributed by atoms with van der Waals surface area (Å²) in [6.45, 7) is 3.11. The van der Waals surface area contributed by atoms with Crippen LogP contribution in [0.25, 0.3) is 11.3 Å². The zero-order chi connectivity index (χ0) is 10.3. The molecule has 0 unspecified atom stereocenters. The summed E-state index contributed by atoms with van der Waals surface area (Å²) in [5.41, 5.74) is 5.04. The van der Waals surface area contributed by atoms with Gasteiger partial charge in [0.2, 0.25) is 0 Å².